The quantitative estimate of drug-likeness (QED) is 0.860. The SMILES string of the molecule is CC(Cc1ccco1)NCC(=O)Nc1ccc(Cl)cc1. The van der Waals surface area contributed by atoms with Crippen molar-refractivity contribution in [1.82, 2.24) is 5.32 Å². The summed E-state index contributed by atoms with van der Waals surface area (Å²) in [6.07, 6.45) is 2.40. The molecule has 20 heavy (non-hydrogen) atoms. The maximum atomic E-state index is 11.8. The first kappa shape index (κ1) is 14.6. The number of carbonyl (C=O) groups is 1. The average molecular weight is 293 g/mol. The van der Waals surface area contributed by atoms with Gasteiger partial charge in [-0.25, -0.2) is 0 Å². The molecule has 5 heteroatoms. The van der Waals surface area contributed by atoms with E-state index >= 15 is 0 Å². The summed E-state index contributed by atoms with van der Waals surface area (Å²) in [6.45, 7) is 2.27. The molecule has 0 aliphatic rings. The number of anilines is 1. The highest BCUT2D eigenvalue weighted by Gasteiger charge is 2.08. The number of hydrogen-bond donors (Lipinski definition) is 2. The Morgan fingerprint density at radius 3 is 2.70 bits per heavy atom. The Morgan fingerprint density at radius 1 is 1.30 bits per heavy atom. The van der Waals surface area contributed by atoms with Crippen LogP contribution in [0.4, 0.5) is 5.69 Å². The highest BCUT2D eigenvalue weighted by atomic mass is 35.5. The number of furan rings is 1. The Kier molecular flexibility index (Phi) is 5.21. The minimum absolute atomic E-state index is 0.0846. The van der Waals surface area contributed by atoms with Gasteiger partial charge in [0, 0.05) is 23.2 Å². The predicted octanol–water partition coefficient (Wildman–Crippen LogP) is 3.09. The number of carbonyl (C=O) groups excluding carboxylic acids is 1. The minimum Gasteiger partial charge on any atom is -0.469 e. The Bertz CT molecular complexity index is 538. The zero-order valence-electron chi connectivity index (χ0n) is 11.2. The van der Waals surface area contributed by atoms with Gasteiger partial charge < -0.3 is 15.1 Å². The van der Waals surface area contributed by atoms with Gasteiger partial charge in [-0.2, -0.15) is 0 Å². The second-order valence-electron chi connectivity index (χ2n) is 4.62. The molecule has 0 fully saturated rings. The number of benzene rings is 1. The van der Waals surface area contributed by atoms with Gasteiger partial charge in [0.05, 0.1) is 12.8 Å². The van der Waals surface area contributed by atoms with Crippen molar-refractivity contribution in [2.75, 3.05) is 11.9 Å². The lowest BCUT2D eigenvalue weighted by molar-refractivity contribution is -0.115. The number of nitrogens with one attached hydrogen (secondary N) is 2. The van der Waals surface area contributed by atoms with Crippen molar-refractivity contribution in [3.63, 3.8) is 0 Å². The fourth-order valence-corrected chi connectivity index (χ4v) is 1.93. The average Bonchev–Trinajstić information content (AvgIpc) is 2.92. The smallest absolute Gasteiger partial charge is 0.238 e. The number of hydrogen-bond acceptors (Lipinski definition) is 3. The molecule has 2 aromatic rings. The largest absolute Gasteiger partial charge is 0.469 e. The van der Waals surface area contributed by atoms with E-state index in [-0.39, 0.29) is 18.5 Å². The second kappa shape index (κ2) is 7.12. The molecular formula is C15H17ClN2O2. The molecular weight excluding hydrogens is 276 g/mol. The lowest BCUT2D eigenvalue weighted by atomic mass is 10.2. The van der Waals surface area contributed by atoms with Gasteiger partial charge in [0.1, 0.15) is 5.76 Å². The van der Waals surface area contributed by atoms with Gasteiger partial charge >= 0.3 is 0 Å². The van der Waals surface area contributed by atoms with Gasteiger partial charge in [0.15, 0.2) is 0 Å². The van der Waals surface area contributed by atoms with Crippen LogP contribution in [0.3, 0.4) is 0 Å². The van der Waals surface area contributed by atoms with E-state index in [9.17, 15) is 4.79 Å². The number of halogens is 1. The predicted molar refractivity (Wildman–Crippen MR) is 80.0 cm³/mol. The van der Waals surface area contributed by atoms with Crippen molar-refractivity contribution < 1.29 is 9.21 Å². The van der Waals surface area contributed by atoms with Crippen LogP contribution < -0.4 is 10.6 Å². The lowest BCUT2D eigenvalue weighted by Crippen LogP contribution is -2.35. The molecule has 0 saturated carbocycles. The molecule has 0 spiro atoms. The maximum Gasteiger partial charge on any atom is 0.238 e. The Hall–Kier alpha value is -1.78. The van der Waals surface area contributed by atoms with Crippen molar-refractivity contribution in [2.24, 2.45) is 0 Å². The van der Waals surface area contributed by atoms with Gasteiger partial charge in [0.2, 0.25) is 5.91 Å². The molecule has 0 saturated heterocycles. The number of rotatable bonds is 6. The molecule has 2 rings (SSSR count). The first-order valence-corrected chi connectivity index (χ1v) is 6.82. The zero-order valence-corrected chi connectivity index (χ0v) is 12.0. The Labute approximate surface area is 123 Å². The van der Waals surface area contributed by atoms with Gasteiger partial charge in [-0.3, -0.25) is 4.79 Å². The zero-order chi connectivity index (χ0) is 14.4. The summed E-state index contributed by atoms with van der Waals surface area (Å²) < 4.78 is 5.26. The van der Waals surface area contributed by atoms with Crippen molar-refractivity contribution >= 4 is 23.2 Å². The molecule has 0 aliphatic carbocycles. The topological polar surface area (TPSA) is 54.3 Å². The Balaban J connectivity index is 1.73. The van der Waals surface area contributed by atoms with Gasteiger partial charge in [-0.05, 0) is 43.3 Å². The monoisotopic (exact) mass is 292 g/mol. The normalized spacial score (nSPS) is 12.1. The molecule has 1 aromatic heterocycles. The van der Waals surface area contributed by atoms with E-state index in [4.69, 9.17) is 16.0 Å². The fourth-order valence-electron chi connectivity index (χ4n) is 1.81. The van der Waals surface area contributed by atoms with Crippen LogP contribution in [-0.4, -0.2) is 18.5 Å². The second-order valence-corrected chi connectivity index (χ2v) is 5.06. The van der Waals surface area contributed by atoms with E-state index in [0.717, 1.165) is 17.9 Å². The first-order chi connectivity index (χ1) is 9.63. The molecule has 2 N–H and O–H groups in total. The van der Waals surface area contributed by atoms with Gasteiger partial charge in [0.25, 0.3) is 0 Å². The molecule has 0 aliphatic heterocycles. The molecule has 1 atom stereocenters. The summed E-state index contributed by atoms with van der Waals surface area (Å²) in [5.41, 5.74) is 0.736. The molecule has 1 unspecified atom stereocenters. The Morgan fingerprint density at radius 2 is 2.05 bits per heavy atom. The number of amides is 1. The summed E-state index contributed by atoms with van der Waals surface area (Å²) in [4.78, 5) is 11.8. The molecule has 1 heterocycles. The summed E-state index contributed by atoms with van der Waals surface area (Å²) in [6, 6.07) is 11.0. The summed E-state index contributed by atoms with van der Waals surface area (Å²) in [5.74, 6) is 0.821. The third kappa shape index (κ3) is 4.72. The summed E-state index contributed by atoms with van der Waals surface area (Å²) in [5, 5.41) is 6.60. The van der Waals surface area contributed by atoms with E-state index in [1.54, 1.807) is 30.5 Å². The van der Waals surface area contributed by atoms with Gasteiger partial charge in [-0.15, -0.1) is 0 Å². The summed E-state index contributed by atoms with van der Waals surface area (Å²) >= 11 is 5.78. The fraction of sp³-hybridized carbons (Fsp3) is 0.267. The van der Waals surface area contributed by atoms with Crippen molar-refractivity contribution in [2.45, 2.75) is 19.4 Å². The molecule has 0 bridgehead atoms. The van der Waals surface area contributed by atoms with Crippen molar-refractivity contribution in [3.8, 4) is 0 Å². The van der Waals surface area contributed by atoms with Crippen LogP contribution in [0, 0.1) is 0 Å². The molecule has 106 valence electrons. The van der Waals surface area contributed by atoms with Gasteiger partial charge in [-0.1, -0.05) is 11.6 Å². The molecule has 0 radical (unpaired) electrons. The van der Waals surface area contributed by atoms with Crippen LogP contribution in [0.25, 0.3) is 0 Å². The highest BCUT2D eigenvalue weighted by molar-refractivity contribution is 6.30. The maximum absolute atomic E-state index is 11.8. The summed E-state index contributed by atoms with van der Waals surface area (Å²) in [7, 11) is 0. The molecule has 1 aromatic carbocycles. The van der Waals surface area contributed by atoms with Crippen LogP contribution >= 0.6 is 11.6 Å². The lowest BCUT2D eigenvalue weighted by Gasteiger charge is -2.12. The standard InChI is InChI=1S/C15H17ClN2O2/c1-11(9-14-3-2-8-20-14)17-10-15(19)18-13-6-4-12(16)5-7-13/h2-8,11,17H,9-10H2,1H3,(H,18,19). The van der Waals surface area contributed by atoms with Crippen LogP contribution in [0.5, 0.6) is 0 Å². The van der Waals surface area contributed by atoms with E-state index in [0.29, 0.717) is 5.02 Å². The van der Waals surface area contributed by atoms with Crippen LogP contribution in [0.1, 0.15) is 12.7 Å². The van der Waals surface area contributed by atoms with Crippen LogP contribution in [-0.2, 0) is 11.2 Å². The van der Waals surface area contributed by atoms with E-state index in [1.807, 2.05) is 19.1 Å². The van der Waals surface area contributed by atoms with E-state index in [1.165, 1.54) is 0 Å². The minimum atomic E-state index is -0.0846. The van der Waals surface area contributed by atoms with Crippen LogP contribution in [0.15, 0.2) is 47.1 Å². The van der Waals surface area contributed by atoms with Crippen molar-refractivity contribution in [1.29, 1.82) is 0 Å². The first-order valence-electron chi connectivity index (χ1n) is 6.44. The molecule has 4 nitrogen and oxygen atoms in total. The van der Waals surface area contributed by atoms with Crippen LogP contribution in [0.2, 0.25) is 5.02 Å². The van der Waals surface area contributed by atoms with E-state index in [2.05, 4.69) is 10.6 Å². The van der Waals surface area contributed by atoms with E-state index < -0.39 is 0 Å². The third-order valence-electron chi connectivity index (χ3n) is 2.83. The third-order valence-corrected chi connectivity index (χ3v) is 3.08. The van der Waals surface area contributed by atoms with Crippen molar-refractivity contribution in [3.05, 3.63) is 53.4 Å². The highest BCUT2D eigenvalue weighted by Crippen LogP contribution is 2.13. The molecule has 1 amide bonds.